The van der Waals surface area contributed by atoms with Crippen molar-refractivity contribution in [2.45, 2.75) is 13.5 Å². The Morgan fingerprint density at radius 1 is 1.19 bits per heavy atom. The first kappa shape index (κ1) is 18.4. The van der Waals surface area contributed by atoms with E-state index in [4.69, 9.17) is 9.47 Å². The van der Waals surface area contributed by atoms with Gasteiger partial charge in [0.1, 0.15) is 25.4 Å². The quantitative estimate of drug-likeness (QED) is 0.641. The van der Waals surface area contributed by atoms with Crippen molar-refractivity contribution < 1.29 is 19.2 Å². The molecule has 1 N–H and O–H groups in total. The van der Waals surface area contributed by atoms with Crippen molar-refractivity contribution in [1.29, 1.82) is 0 Å². The highest BCUT2D eigenvalue weighted by molar-refractivity contribution is 6.07. The molecule has 0 atom stereocenters. The summed E-state index contributed by atoms with van der Waals surface area (Å²) in [6.07, 6.45) is 3.53. The minimum atomic E-state index is 0.00846. The fraction of sp³-hybridized carbons (Fsp3) is 0.318. The maximum atomic E-state index is 12.6. The zero-order valence-electron chi connectivity index (χ0n) is 15.5. The summed E-state index contributed by atoms with van der Waals surface area (Å²) in [5, 5.41) is 0. The molecule has 0 bridgehead atoms. The van der Waals surface area contributed by atoms with E-state index >= 15 is 0 Å². The maximum Gasteiger partial charge on any atom is 0.185 e. The molecule has 2 aromatic carbocycles. The van der Waals surface area contributed by atoms with Gasteiger partial charge in [0.05, 0.1) is 20.3 Å². The van der Waals surface area contributed by atoms with Gasteiger partial charge >= 0.3 is 0 Å². The molecule has 0 radical (unpaired) electrons. The third kappa shape index (κ3) is 4.59. The van der Waals surface area contributed by atoms with Gasteiger partial charge in [-0.25, -0.2) is 0 Å². The third-order valence-corrected chi connectivity index (χ3v) is 4.81. The number of aryl methyl sites for hydroxylation is 1. The summed E-state index contributed by atoms with van der Waals surface area (Å²) in [5.41, 5.74) is 3.98. The van der Waals surface area contributed by atoms with E-state index in [1.807, 2.05) is 55.5 Å². The average Bonchev–Trinajstić information content (AvgIpc) is 2.68. The Hall–Kier alpha value is -2.43. The monoisotopic (exact) mass is 352 g/mol. The van der Waals surface area contributed by atoms with Gasteiger partial charge in [-0.1, -0.05) is 30.3 Å². The number of hydrogen-bond acceptors (Lipinski definition) is 3. The summed E-state index contributed by atoms with van der Waals surface area (Å²) in [6, 6.07) is 13.7. The molecule has 1 heterocycles. The Labute approximate surface area is 155 Å². The Morgan fingerprint density at radius 2 is 1.96 bits per heavy atom. The summed E-state index contributed by atoms with van der Waals surface area (Å²) in [5.74, 6) is 0.845. The summed E-state index contributed by atoms with van der Waals surface area (Å²) in [7, 11) is 1.67. The van der Waals surface area contributed by atoms with Gasteiger partial charge in [0, 0.05) is 11.1 Å². The lowest BCUT2D eigenvalue weighted by Crippen LogP contribution is -3.12. The van der Waals surface area contributed by atoms with Crippen LogP contribution in [0.5, 0.6) is 5.75 Å². The summed E-state index contributed by atoms with van der Waals surface area (Å²) < 4.78 is 10.9. The number of methoxy groups -OCH3 is 1. The first-order chi connectivity index (χ1) is 12.7. The van der Waals surface area contributed by atoms with Gasteiger partial charge in [0.25, 0.3) is 0 Å². The predicted molar refractivity (Wildman–Crippen MR) is 103 cm³/mol. The fourth-order valence-corrected chi connectivity index (χ4v) is 3.21. The largest absolute Gasteiger partial charge is 0.496 e. The van der Waals surface area contributed by atoms with E-state index in [1.165, 1.54) is 4.90 Å². The summed E-state index contributed by atoms with van der Waals surface area (Å²) >= 11 is 0. The van der Waals surface area contributed by atoms with Crippen molar-refractivity contribution in [1.82, 2.24) is 0 Å². The number of allylic oxidation sites excluding steroid dienone is 1. The second-order valence-electron chi connectivity index (χ2n) is 6.62. The van der Waals surface area contributed by atoms with E-state index in [0.717, 1.165) is 55.3 Å². The Kier molecular flexibility index (Phi) is 6.21. The highest BCUT2D eigenvalue weighted by Gasteiger charge is 2.17. The molecule has 0 unspecified atom stereocenters. The number of quaternary nitrogens is 1. The van der Waals surface area contributed by atoms with Crippen molar-refractivity contribution in [2.75, 3.05) is 33.4 Å². The lowest BCUT2D eigenvalue weighted by molar-refractivity contribution is -0.921. The van der Waals surface area contributed by atoms with Gasteiger partial charge < -0.3 is 14.4 Å². The number of hydrogen-bond donors (Lipinski definition) is 1. The molecule has 1 saturated heterocycles. The molecule has 1 fully saturated rings. The van der Waals surface area contributed by atoms with Gasteiger partial charge in [-0.05, 0) is 42.3 Å². The van der Waals surface area contributed by atoms with Crippen molar-refractivity contribution in [3.05, 3.63) is 70.8 Å². The first-order valence-corrected chi connectivity index (χ1v) is 9.03. The van der Waals surface area contributed by atoms with E-state index in [0.29, 0.717) is 5.56 Å². The first-order valence-electron chi connectivity index (χ1n) is 9.03. The van der Waals surface area contributed by atoms with Crippen LogP contribution >= 0.6 is 0 Å². The van der Waals surface area contributed by atoms with Crippen LogP contribution in [0.15, 0.2) is 48.5 Å². The highest BCUT2D eigenvalue weighted by Crippen LogP contribution is 2.20. The van der Waals surface area contributed by atoms with E-state index in [1.54, 1.807) is 13.2 Å². The topological polar surface area (TPSA) is 40.0 Å². The summed E-state index contributed by atoms with van der Waals surface area (Å²) in [6.45, 7) is 6.42. The molecule has 1 aliphatic rings. The summed E-state index contributed by atoms with van der Waals surface area (Å²) in [4.78, 5) is 14.1. The average molecular weight is 352 g/mol. The number of benzene rings is 2. The van der Waals surface area contributed by atoms with Crippen LogP contribution in [0.25, 0.3) is 6.08 Å². The number of carbonyl (C=O) groups is 1. The minimum Gasteiger partial charge on any atom is -0.496 e. The number of carbonyl (C=O) groups excluding carboxylic acids is 1. The number of nitrogens with one attached hydrogen (secondary N) is 1. The lowest BCUT2D eigenvalue weighted by atomic mass is 10.0. The second-order valence-corrected chi connectivity index (χ2v) is 6.62. The van der Waals surface area contributed by atoms with Gasteiger partial charge in [-0.3, -0.25) is 4.79 Å². The van der Waals surface area contributed by atoms with Crippen LogP contribution in [0.1, 0.15) is 27.0 Å². The molecule has 136 valence electrons. The van der Waals surface area contributed by atoms with Crippen LogP contribution in [0.2, 0.25) is 0 Å². The standard InChI is InChI=1S/C22H25NO3/c1-17-5-3-4-6-18(17)7-9-21(24)19-8-10-22(25-2)20(15-19)16-23-11-13-26-14-12-23/h3-10,15H,11-14,16H2,1-2H3/p+1/b9-7+. The van der Waals surface area contributed by atoms with E-state index < -0.39 is 0 Å². The molecule has 0 aromatic heterocycles. The molecular formula is C22H26NO3+. The zero-order valence-corrected chi connectivity index (χ0v) is 15.5. The van der Waals surface area contributed by atoms with Crippen molar-refractivity contribution in [3.8, 4) is 5.75 Å². The molecule has 0 spiro atoms. The molecular weight excluding hydrogens is 326 g/mol. The smallest absolute Gasteiger partial charge is 0.185 e. The van der Waals surface area contributed by atoms with Crippen LogP contribution in [0, 0.1) is 6.92 Å². The molecule has 1 aliphatic heterocycles. The van der Waals surface area contributed by atoms with Crippen LogP contribution in [-0.2, 0) is 11.3 Å². The molecule has 26 heavy (non-hydrogen) atoms. The lowest BCUT2D eigenvalue weighted by Gasteiger charge is -2.24. The molecule has 4 nitrogen and oxygen atoms in total. The normalized spacial score (nSPS) is 15.3. The number of morpholine rings is 1. The van der Waals surface area contributed by atoms with Crippen LogP contribution in [0.3, 0.4) is 0 Å². The van der Waals surface area contributed by atoms with Crippen LogP contribution in [-0.4, -0.2) is 39.2 Å². The van der Waals surface area contributed by atoms with Crippen molar-refractivity contribution in [3.63, 3.8) is 0 Å². The molecule has 0 aliphatic carbocycles. The molecule has 0 amide bonds. The second kappa shape index (κ2) is 8.79. The van der Waals surface area contributed by atoms with Crippen molar-refractivity contribution >= 4 is 11.9 Å². The fourth-order valence-electron chi connectivity index (χ4n) is 3.21. The maximum absolute atomic E-state index is 12.6. The molecule has 3 rings (SSSR count). The Bertz CT molecular complexity index is 792. The van der Waals surface area contributed by atoms with Gasteiger partial charge in [-0.2, -0.15) is 0 Å². The number of rotatable bonds is 6. The van der Waals surface area contributed by atoms with Crippen LogP contribution < -0.4 is 9.64 Å². The van der Waals surface area contributed by atoms with Crippen molar-refractivity contribution in [2.24, 2.45) is 0 Å². The predicted octanol–water partition coefficient (Wildman–Crippen LogP) is 2.31. The number of ketones is 1. The zero-order chi connectivity index (χ0) is 18.4. The number of ether oxygens (including phenoxy) is 2. The minimum absolute atomic E-state index is 0.00846. The Balaban J connectivity index is 1.77. The van der Waals surface area contributed by atoms with Gasteiger partial charge in [0.2, 0.25) is 0 Å². The Morgan fingerprint density at radius 3 is 2.69 bits per heavy atom. The van der Waals surface area contributed by atoms with E-state index in [9.17, 15) is 4.79 Å². The van der Waals surface area contributed by atoms with Crippen LogP contribution in [0.4, 0.5) is 0 Å². The van der Waals surface area contributed by atoms with Gasteiger partial charge in [0.15, 0.2) is 5.78 Å². The van der Waals surface area contributed by atoms with E-state index in [-0.39, 0.29) is 5.78 Å². The molecule has 0 saturated carbocycles. The van der Waals surface area contributed by atoms with Gasteiger partial charge in [-0.15, -0.1) is 0 Å². The molecule has 4 heteroatoms. The third-order valence-electron chi connectivity index (χ3n) is 4.81. The highest BCUT2D eigenvalue weighted by atomic mass is 16.5. The van der Waals surface area contributed by atoms with E-state index in [2.05, 4.69) is 0 Å². The SMILES string of the molecule is COc1ccc(C(=O)/C=C/c2ccccc2C)cc1C[NH+]1CCOCC1. The molecule has 2 aromatic rings.